The predicted molar refractivity (Wildman–Crippen MR) is 78.2 cm³/mol. The zero-order valence-electron chi connectivity index (χ0n) is 11.3. The molecule has 4 nitrogen and oxygen atoms in total. The lowest BCUT2D eigenvalue weighted by molar-refractivity contribution is -0.144. The van der Waals surface area contributed by atoms with E-state index in [1.165, 1.54) is 0 Å². The normalized spacial score (nSPS) is 16.4. The second kappa shape index (κ2) is 5.66. The molecule has 1 aliphatic rings. The van der Waals surface area contributed by atoms with E-state index in [1.807, 2.05) is 25.1 Å². The summed E-state index contributed by atoms with van der Waals surface area (Å²) in [6, 6.07) is 12.4. The third kappa shape index (κ3) is 2.95. The number of para-hydroxylation sites is 2. The summed E-state index contributed by atoms with van der Waals surface area (Å²) in [5.41, 5.74) is 0.952. The lowest BCUT2D eigenvalue weighted by Gasteiger charge is -2.25. The van der Waals surface area contributed by atoms with E-state index < -0.39 is 12.1 Å². The van der Waals surface area contributed by atoms with Crippen LogP contribution >= 0.6 is 11.6 Å². The lowest BCUT2D eigenvalue weighted by Crippen LogP contribution is -2.39. The number of rotatable bonds is 2. The molecule has 1 atom stereocenters. The van der Waals surface area contributed by atoms with Gasteiger partial charge < -0.3 is 14.2 Å². The molecule has 108 valence electrons. The quantitative estimate of drug-likeness (QED) is 0.630. The molecule has 3 rings (SSSR count). The van der Waals surface area contributed by atoms with Crippen molar-refractivity contribution < 1.29 is 19.0 Å². The maximum atomic E-state index is 12.2. The highest BCUT2D eigenvalue weighted by molar-refractivity contribution is 6.32. The van der Waals surface area contributed by atoms with Gasteiger partial charge in [-0.3, -0.25) is 0 Å². The van der Waals surface area contributed by atoms with Crippen LogP contribution in [-0.2, 0) is 4.79 Å². The topological polar surface area (TPSA) is 44.8 Å². The van der Waals surface area contributed by atoms with E-state index in [1.54, 1.807) is 24.3 Å². The fourth-order valence-corrected chi connectivity index (χ4v) is 2.15. The summed E-state index contributed by atoms with van der Waals surface area (Å²) in [5.74, 6) is 0.942. The molecule has 0 bridgehead atoms. The minimum atomic E-state index is -0.809. The Kier molecular flexibility index (Phi) is 3.71. The van der Waals surface area contributed by atoms with E-state index in [0.717, 1.165) is 5.56 Å². The van der Waals surface area contributed by atoms with Crippen molar-refractivity contribution in [2.24, 2.45) is 0 Å². The first-order valence-electron chi connectivity index (χ1n) is 6.50. The van der Waals surface area contributed by atoms with Crippen molar-refractivity contribution in [2.45, 2.75) is 13.0 Å². The molecule has 1 aliphatic heterocycles. The van der Waals surface area contributed by atoms with Crippen LogP contribution in [-0.4, -0.2) is 18.7 Å². The van der Waals surface area contributed by atoms with Crippen LogP contribution in [0.2, 0.25) is 5.02 Å². The SMILES string of the molecule is Cc1ccc(Cl)c(OC(=O)[C@H]2COc3ccccc3O2)c1. The molecule has 0 aromatic heterocycles. The minimum Gasteiger partial charge on any atom is -0.485 e. The summed E-state index contributed by atoms with van der Waals surface area (Å²) in [6.45, 7) is 2.00. The predicted octanol–water partition coefficient (Wildman–Crippen LogP) is 3.39. The van der Waals surface area contributed by atoms with Gasteiger partial charge in [-0.25, -0.2) is 4.79 Å². The number of benzene rings is 2. The number of esters is 1. The van der Waals surface area contributed by atoms with Crippen molar-refractivity contribution in [1.82, 2.24) is 0 Å². The first-order valence-corrected chi connectivity index (χ1v) is 6.87. The Hall–Kier alpha value is -2.20. The van der Waals surface area contributed by atoms with Gasteiger partial charge in [0.1, 0.15) is 12.4 Å². The molecule has 0 N–H and O–H groups in total. The van der Waals surface area contributed by atoms with Gasteiger partial charge in [0.25, 0.3) is 0 Å². The Balaban J connectivity index is 1.74. The largest absolute Gasteiger partial charge is 0.485 e. The molecule has 2 aromatic carbocycles. The average molecular weight is 305 g/mol. The third-order valence-electron chi connectivity index (χ3n) is 3.07. The molecular weight excluding hydrogens is 292 g/mol. The van der Waals surface area contributed by atoms with Gasteiger partial charge in [0.05, 0.1) is 5.02 Å². The smallest absolute Gasteiger partial charge is 0.356 e. The first-order chi connectivity index (χ1) is 10.1. The number of ether oxygens (including phenoxy) is 3. The van der Waals surface area contributed by atoms with E-state index in [0.29, 0.717) is 22.3 Å². The zero-order valence-corrected chi connectivity index (χ0v) is 12.1. The highest BCUT2D eigenvalue weighted by atomic mass is 35.5. The molecule has 0 saturated heterocycles. The summed E-state index contributed by atoms with van der Waals surface area (Å²) in [6.07, 6.45) is -0.809. The lowest BCUT2D eigenvalue weighted by atomic mass is 10.2. The fraction of sp³-hybridized carbons (Fsp3) is 0.188. The highest BCUT2D eigenvalue weighted by Gasteiger charge is 2.29. The maximum absolute atomic E-state index is 12.2. The fourth-order valence-electron chi connectivity index (χ4n) is 2.00. The number of fused-ring (bicyclic) bond motifs is 1. The van der Waals surface area contributed by atoms with Crippen LogP contribution in [0.4, 0.5) is 0 Å². The van der Waals surface area contributed by atoms with Gasteiger partial charge in [-0.1, -0.05) is 29.8 Å². The zero-order chi connectivity index (χ0) is 14.8. The highest BCUT2D eigenvalue weighted by Crippen LogP contribution is 2.32. The number of aryl methyl sites for hydroxylation is 1. The molecule has 0 aliphatic carbocycles. The van der Waals surface area contributed by atoms with Crippen molar-refractivity contribution in [3.63, 3.8) is 0 Å². The molecule has 0 spiro atoms. The van der Waals surface area contributed by atoms with Crippen molar-refractivity contribution in [2.75, 3.05) is 6.61 Å². The van der Waals surface area contributed by atoms with Crippen LogP contribution in [0.3, 0.4) is 0 Å². The molecule has 0 amide bonds. The van der Waals surface area contributed by atoms with Crippen molar-refractivity contribution >= 4 is 17.6 Å². The maximum Gasteiger partial charge on any atom is 0.356 e. The van der Waals surface area contributed by atoms with Gasteiger partial charge in [-0.2, -0.15) is 0 Å². The summed E-state index contributed by atoms with van der Waals surface area (Å²) in [4.78, 5) is 12.2. The number of halogens is 1. The standard InChI is InChI=1S/C16H13ClO4/c1-10-6-7-11(17)14(8-10)21-16(18)15-9-19-12-4-2-3-5-13(12)20-15/h2-8,15H,9H2,1H3/t15-/m1/s1. The van der Waals surface area contributed by atoms with Gasteiger partial charge in [0.2, 0.25) is 6.10 Å². The molecule has 5 heteroatoms. The van der Waals surface area contributed by atoms with Crippen LogP contribution in [0.15, 0.2) is 42.5 Å². The number of carbonyl (C=O) groups excluding carboxylic acids is 1. The second-order valence-electron chi connectivity index (χ2n) is 4.72. The van der Waals surface area contributed by atoms with E-state index >= 15 is 0 Å². The van der Waals surface area contributed by atoms with Crippen molar-refractivity contribution in [3.05, 3.63) is 53.1 Å². The number of carbonyl (C=O) groups is 1. The van der Waals surface area contributed by atoms with Crippen LogP contribution in [0, 0.1) is 6.92 Å². The number of hydrogen-bond acceptors (Lipinski definition) is 4. The molecule has 0 fully saturated rings. The van der Waals surface area contributed by atoms with Crippen molar-refractivity contribution in [1.29, 1.82) is 0 Å². The van der Waals surface area contributed by atoms with E-state index in [9.17, 15) is 4.79 Å². The first kappa shape index (κ1) is 13.8. The molecule has 0 unspecified atom stereocenters. The van der Waals surface area contributed by atoms with Gasteiger partial charge >= 0.3 is 5.97 Å². The van der Waals surface area contributed by atoms with E-state index in [-0.39, 0.29) is 6.61 Å². The monoisotopic (exact) mass is 304 g/mol. The van der Waals surface area contributed by atoms with Crippen LogP contribution < -0.4 is 14.2 Å². The molecule has 1 heterocycles. The Morgan fingerprint density at radius 3 is 2.81 bits per heavy atom. The van der Waals surface area contributed by atoms with E-state index in [2.05, 4.69) is 0 Å². The molecular formula is C16H13ClO4. The molecule has 21 heavy (non-hydrogen) atoms. The van der Waals surface area contributed by atoms with Crippen LogP contribution in [0.5, 0.6) is 17.2 Å². The molecule has 0 saturated carbocycles. The molecule has 2 aromatic rings. The number of hydrogen-bond donors (Lipinski definition) is 0. The Bertz CT molecular complexity index is 684. The average Bonchev–Trinajstić information content (AvgIpc) is 2.50. The van der Waals surface area contributed by atoms with Gasteiger partial charge in [-0.15, -0.1) is 0 Å². The van der Waals surface area contributed by atoms with Crippen LogP contribution in [0.25, 0.3) is 0 Å². The van der Waals surface area contributed by atoms with Gasteiger partial charge in [0, 0.05) is 0 Å². The summed E-state index contributed by atoms with van der Waals surface area (Å²) in [7, 11) is 0. The van der Waals surface area contributed by atoms with Crippen LogP contribution in [0.1, 0.15) is 5.56 Å². The summed E-state index contributed by atoms with van der Waals surface area (Å²) < 4.78 is 16.4. The summed E-state index contributed by atoms with van der Waals surface area (Å²) in [5, 5.41) is 0.381. The molecule has 0 radical (unpaired) electrons. The van der Waals surface area contributed by atoms with Gasteiger partial charge in [0.15, 0.2) is 11.5 Å². The van der Waals surface area contributed by atoms with E-state index in [4.69, 9.17) is 25.8 Å². The minimum absolute atomic E-state index is 0.110. The summed E-state index contributed by atoms with van der Waals surface area (Å²) >= 11 is 6.01. The third-order valence-corrected chi connectivity index (χ3v) is 3.38. The van der Waals surface area contributed by atoms with Crippen molar-refractivity contribution in [3.8, 4) is 17.2 Å². The Labute approximate surface area is 127 Å². The van der Waals surface area contributed by atoms with Gasteiger partial charge in [-0.05, 0) is 36.8 Å². The Morgan fingerprint density at radius 2 is 2.00 bits per heavy atom. The Morgan fingerprint density at radius 1 is 1.24 bits per heavy atom. The second-order valence-corrected chi connectivity index (χ2v) is 5.13.